The second-order valence-corrected chi connectivity index (χ2v) is 7.11. The van der Waals surface area contributed by atoms with Crippen molar-refractivity contribution < 1.29 is 19.1 Å². The van der Waals surface area contributed by atoms with Gasteiger partial charge in [0.05, 0.1) is 0 Å². The van der Waals surface area contributed by atoms with Gasteiger partial charge in [0.15, 0.2) is 12.4 Å². The number of esters is 1. The molecule has 1 amide bonds. The van der Waals surface area contributed by atoms with Crippen molar-refractivity contribution in [3.05, 3.63) is 69.7 Å². The van der Waals surface area contributed by atoms with E-state index in [-0.39, 0.29) is 11.7 Å². The van der Waals surface area contributed by atoms with Crippen LogP contribution < -0.4 is 5.32 Å². The Morgan fingerprint density at radius 2 is 1.37 bits per heavy atom. The van der Waals surface area contributed by atoms with E-state index in [4.69, 9.17) is 27.9 Å². The van der Waals surface area contributed by atoms with Crippen molar-refractivity contribution in [2.24, 2.45) is 5.92 Å². The van der Waals surface area contributed by atoms with Crippen LogP contribution >= 0.6 is 23.2 Å². The fraction of sp³-hybridized carbons (Fsp3) is 0.250. The van der Waals surface area contributed by atoms with Crippen molar-refractivity contribution in [1.29, 1.82) is 0 Å². The first-order chi connectivity index (χ1) is 12.8. The highest BCUT2D eigenvalue weighted by atomic mass is 35.5. The lowest BCUT2D eigenvalue weighted by molar-refractivity contribution is -0.145. The lowest BCUT2D eigenvalue weighted by Crippen LogP contribution is -2.45. The molecule has 2 aromatic carbocycles. The number of Topliss-reactive ketones (excluding diaryl/α,β-unsaturated/α-hetero) is 1. The molecule has 0 saturated carbocycles. The van der Waals surface area contributed by atoms with Crippen LogP contribution in [0, 0.1) is 5.92 Å². The summed E-state index contributed by atoms with van der Waals surface area (Å²) in [6.07, 6.45) is 0. The minimum absolute atomic E-state index is 0.223. The number of nitrogens with one attached hydrogen (secondary N) is 1. The van der Waals surface area contributed by atoms with Crippen LogP contribution in [-0.2, 0) is 9.53 Å². The van der Waals surface area contributed by atoms with Gasteiger partial charge in [-0.15, -0.1) is 0 Å². The molecule has 0 aliphatic rings. The number of hydrogen-bond acceptors (Lipinski definition) is 4. The average Bonchev–Trinajstić information content (AvgIpc) is 2.64. The van der Waals surface area contributed by atoms with Crippen molar-refractivity contribution in [3.63, 3.8) is 0 Å². The van der Waals surface area contributed by atoms with Gasteiger partial charge in [-0.1, -0.05) is 37.0 Å². The van der Waals surface area contributed by atoms with E-state index >= 15 is 0 Å². The molecule has 2 aromatic rings. The fourth-order valence-electron chi connectivity index (χ4n) is 2.27. The Morgan fingerprint density at radius 3 is 1.85 bits per heavy atom. The van der Waals surface area contributed by atoms with Gasteiger partial charge in [-0.3, -0.25) is 9.59 Å². The summed E-state index contributed by atoms with van der Waals surface area (Å²) in [7, 11) is 0. The molecule has 27 heavy (non-hydrogen) atoms. The van der Waals surface area contributed by atoms with Gasteiger partial charge < -0.3 is 10.1 Å². The summed E-state index contributed by atoms with van der Waals surface area (Å²) in [5.74, 6) is -1.67. The maximum Gasteiger partial charge on any atom is 0.329 e. The summed E-state index contributed by atoms with van der Waals surface area (Å²) >= 11 is 11.6. The predicted octanol–water partition coefficient (Wildman–Crippen LogP) is 4.17. The van der Waals surface area contributed by atoms with Gasteiger partial charge in [0.1, 0.15) is 6.04 Å². The number of benzene rings is 2. The smallest absolute Gasteiger partial charge is 0.329 e. The van der Waals surface area contributed by atoms with E-state index < -0.39 is 24.5 Å². The SMILES string of the molecule is CC(C)C(NC(=O)c1ccc(Cl)cc1)C(=O)OCC(=O)c1ccc(Cl)cc1. The number of amides is 1. The second kappa shape index (κ2) is 9.53. The lowest BCUT2D eigenvalue weighted by Gasteiger charge is -2.20. The Labute approximate surface area is 167 Å². The monoisotopic (exact) mass is 407 g/mol. The van der Waals surface area contributed by atoms with Crippen molar-refractivity contribution in [2.45, 2.75) is 19.9 Å². The number of hydrogen-bond donors (Lipinski definition) is 1. The molecule has 2 rings (SSSR count). The summed E-state index contributed by atoms with van der Waals surface area (Å²) in [6.45, 7) is 3.13. The zero-order valence-corrected chi connectivity index (χ0v) is 16.4. The molecule has 0 saturated heterocycles. The van der Waals surface area contributed by atoms with E-state index in [0.717, 1.165) is 0 Å². The van der Waals surface area contributed by atoms with Crippen molar-refractivity contribution in [2.75, 3.05) is 6.61 Å². The quantitative estimate of drug-likeness (QED) is 0.551. The summed E-state index contributed by atoms with van der Waals surface area (Å²) in [4.78, 5) is 36.8. The van der Waals surface area contributed by atoms with Crippen LogP contribution in [0.15, 0.2) is 48.5 Å². The van der Waals surface area contributed by atoms with E-state index in [0.29, 0.717) is 21.2 Å². The van der Waals surface area contributed by atoms with Gasteiger partial charge in [0, 0.05) is 21.2 Å². The highest BCUT2D eigenvalue weighted by Gasteiger charge is 2.27. The first-order valence-electron chi connectivity index (χ1n) is 8.29. The average molecular weight is 408 g/mol. The number of ether oxygens (including phenoxy) is 1. The van der Waals surface area contributed by atoms with Gasteiger partial charge in [0.25, 0.3) is 5.91 Å². The van der Waals surface area contributed by atoms with Crippen molar-refractivity contribution in [1.82, 2.24) is 5.32 Å². The summed E-state index contributed by atoms with van der Waals surface area (Å²) in [5, 5.41) is 3.65. The topological polar surface area (TPSA) is 72.5 Å². The highest BCUT2D eigenvalue weighted by molar-refractivity contribution is 6.31. The molecule has 1 atom stereocenters. The first kappa shape index (κ1) is 20.9. The maximum atomic E-state index is 12.4. The number of halogens is 2. The largest absolute Gasteiger partial charge is 0.456 e. The molecule has 0 heterocycles. The highest BCUT2D eigenvalue weighted by Crippen LogP contribution is 2.12. The second-order valence-electron chi connectivity index (χ2n) is 6.24. The molecule has 0 aromatic heterocycles. The Morgan fingerprint density at radius 1 is 0.889 bits per heavy atom. The molecule has 0 radical (unpaired) electrons. The van der Waals surface area contributed by atoms with Gasteiger partial charge in [-0.2, -0.15) is 0 Å². The van der Waals surface area contributed by atoms with Crippen LogP contribution in [0.3, 0.4) is 0 Å². The third-order valence-corrected chi connectivity index (χ3v) is 4.33. The fourth-order valence-corrected chi connectivity index (χ4v) is 2.52. The van der Waals surface area contributed by atoms with E-state index in [2.05, 4.69) is 5.32 Å². The zero-order chi connectivity index (χ0) is 20.0. The van der Waals surface area contributed by atoms with E-state index in [1.54, 1.807) is 62.4 Å². The van der Waals surface area contributed by atoms with Crippen LogP contribution in [0.5, 0.6) is 0 Å². The van der Waals surface area contributed by atoms with Crippen LogP contribution in [0.25, 0.3) is 0 Å². The molecule has 0 aliphatic carbocycles. The standard InChI is InChI=1S/C20H19Cl2NO4/c1-12(2)18(23-19(25)14-5-9-16(22)10-6-14)20(26)27-11-17(24)13-3-7-15(21)8-4-13/h3-10,12,18H,11H2,1-2H3,(H,23,25). The summed E-state index contributed by atoms with van der Waals surface area (Å²) < 4.78 is 5.11. The summed E-state index contributed by atoms with van der Waals surface area (Å²) in [6, 6.07) is 11.7. The molecule has 0 spiro atoms. The molecule has 0 bridgehead atoms. The first-order valence-corrected chi connectivity index (χ1v) is 9.05. The van der Waals surface area contributed by atoms with Crippen LogP contribution in [0.1, 0.15) is 34.6 Å². The zero-order valence-electron chi connectivity index (χ0n) is 14.9. The molecule has 142 valence electrons. The predicted molar refractivity (Wildman–Crippen MR) is 104 cm³/mol. The third-order valence-electron chi connectivity index (χ3n) is 3.83. The summed E-state index contributed by atoms with van der Waals surface area (Å²) in [5.41, 5.74) is 0.758. The van der Waals surface area contributed by atoms with E-state index in [1.165, 1.54) is 0 Å². The molecular formula is C20H19Cl2NO4. The van der Waals surface area contributed by atoms with Gasteiger partial charge in [0.2, 0.25) is 0 Å². The Hall–Kier alpha value is -2.37. The normalized spacial score (nSPS) is 11.7. The third kappa shape index (κ3) is 6.08. The van der Waals surface area contributed by atoms with Crippen LogP contribution in [-0.4, -0.2) is 30.3 Å². The molecule has 7 heteroatoms. The van der Waals surface area contributed by atoms with E-state index in [1.807, 2.05) is 0 Å². The minimum atomic E-state index is -0.883. The van der Waals surface area contributed by atoms with Gasteiger partial charge >= 0.3 is 5.97 Å². The van der Waals surface area contributed by atoms with Crippen LogP contribution in [0.2, 0.25) is 10.0 Å². The number of ketones is 1. The van der Waals surface area contributed by atoms with Crippen molar-refractivity contribution in [3.8, 4) is 0 Å². The molecule has 1 unspecified atom stereocenters. The number of carbonyl (C=O) groups is 3. The number of carbonyl (C=O) groups excluding carboxylic acids is 3. The van der Waals surface area contributed by atoms with Crippen LogP contribution in [0.4, 0.5) is 0 Å². The maximum absolute atomic E-state index is 12.4. The molecule has 0 aliphatic heterocycles. The van der Waals surface area contributed by atoms with E-state index in [9.17, 15) is 14.4 Å². The lowest BCUT2D eigenvalue weighted by atomic mass is 10.0. The Balaban J connectivity index is 1.97. The Kier molecular flexibility index (Phi) is 7.39. The molecule has 5 nitrogen and oxygen atoms in total. The van der Waals surface area contributed by atoms with Crippen molar-refractivity contribution >= 4 is 40.9 Å². The van der Waals surface area contributed by atoms with Gasteiger partial charge in [-0.25, -0.2) is 4.79 Å². The molecular weight excluding hydrogens is 389 g/mol. The minimum Gasteiger partial charge on any atom is -0.456 e. The molecule has 1 N–H and O–H groups in total. The van der Waals surface area contributed by atoms with Gasteiger partial charge in [-0.05, 0) is 54.4 Å². The number of rotatable bonds is 7. The Bertz CT molecular complexity index is 817. The molecule has 0 fully saturated rings.